The lowest BCUT2D eigenvalue weighted by Crippen LogP contribution is -2.15. The fourth-order valence-corrected chi connectivity index (χ4v) is 2.97. The van der Waals surface area contributed by atoms with Crippen LogP contribution in [-0.4, -0.2) is 6.04 Å². The molecule has 1 aromatic carbocycles. The summed E-state index contributed by atoms with van der Waals surface area (Å²) >= 11 is 3.52. The van der Waals surface area contributed by atoms with Gasteiger partial charge in [-0.2, -0.15) is 0 Å². The number of nitrogens with two attached hydrogens (primary N) is 1. The topological polar surface area (TPSA) is 38.0 Å². The van der Waals surface area contributed by atoms with E-state index in [9.17, 15) is 0 Å². The lowest BCUT2D eigenvalue weighted by Gasteiger charge is -2.15. The van der Waals surface area contributed by atoms with Crippen LogP contribution in [0.5, 0.6) is 0 Å². The first-order chi connectivity index (χ1) is 7.67. The second-order valence-corrected chi connectivity index (χ2v) is 5.73. The highest BCUT2D eigenvalue weighted by molar-refractivity contribution is 9.10. The van der Waals surface area contributed by atoms with E-state index in [2.05, 4.69) is 46.4 Å². The second-order valence-electron chi connectivity index (χ2n) is 4.81. The summed E-state index contributed by atoms with van der Waals surface area (Å²) in [5.41, 5.74) is 8.03. The van der Waals surface area contributed by atoms with Gasteiger partial charge in [-0.25, -0.2) is 0 Å². The number of hydrogen-bond donors (Lipinski definition) is 2. The Bertz CT molecular complexity index is 365. The Morgan fingerprint density at radius 2 is 2.19 bits per heavy atom. The Labute approximate surface area is 106 Å². The predicted octanol–water partition coefficient (Wildman–Crippen LogP) is 3.51. The van der Waals surface area contributed by atoms with Gasteiger partial charge >= 0.3 is 0 Å². The van der Waals surface area contributed by atoms with Crippen LogP contribution in [-0.2, 0) is 6.54 Å². The van der Waals surface area contributed by atoms with Crippen LogP contribution >= 0.6 is 15.9 Å². The van der Waals surface area contributed by atoms with Crippen molar-refractivity contribution < 1.29 is 0 Å². The molecule has 3 N–H and O–H groups in total. The van der Waals surface area contributed by atoms with Crippen LogP contribution in [0.3, 0.4) is 0 Å². The zero-order valence-electron chi connectivity index (χ0n) is 9.67. The zero-order valence-corrected chi connectivity index (χ0v) is 11.3. The standard InChI is InChI=1S/C13H19BrN2/c1-9-2-3-12(4-9)16-13-6-10(8-15)5-11(14)7-13/h5-7,9,12,16H,2-4,8,15H2,1H3. The van der Waals surface area contributed by atoms with Crippen LogP contribution in [0.15, 0.2) is 22.7 Å². The molecule has 0 aliphatic heterocycles. The van der Waals surface area contributed by atoms with E-state index in [1.54, 1.807) is 0 Å². The van der Waals surface area contributed by atoms with Gasteiger partial charge in [-0.3, -0.25) is 0 Å². The van der Waals surface area contributed by atoms with Gasteiger partial charge < -0.3 is 11.1 Å². The zero-order chi connectivity index (χ0) is 11.5. The van der Waals surface area contributed by atoms with Crippen molar-refractivity contribution in [1.82, 2.24) is 0 Å². The Hall–Kier alpha value is -0.540. The van der Waals surface area contributed by atoms with Crippen molar-refractivity contribution in [3.05, 3.63) is 28.2 Å². The maximum Gasteiger partial charge on any atom is 0.0356 e. The summed E-state index contributed by atoms with van der Waals surface area (Å²) in [6.45, 7) is 2.92. The van der Waals surface area contributed by atoms with E-state index in [0.29, 0.717) is 12.6 Å². The number of halogens is 1. The average molecular weight is 283 g/mol. The summed E-state index contributed by atoms with van der Waals surface area (Å²) in [6, 6.07) is 6.98. The van der Waals surface area contributed by atoms with Gasteiger partial charge in [0, 0.05) is 22.7 Å². The van der Waals surface area contributed by atoms with Gasteiger partial charge in [0.2, 0.25) is 0 Å². The van der Waals surface area contributed by atoms with E-state index >= 15 is 0 Å². The van der Waals surface area contributed by atoms with Gasteiger partial charge in [0.15, 0.2) is 0 Å². The second kappa shape index (κ2) is 5.19. The fraction of sp³-hybridized carbons (Fsp3) is 0.538. The molecular weight excluding hydrogens is 264 g/mol. The molecule has 88 valence electrons. The molecule has 0 saturated heterocycles. The smallest absolute Gasteiger partial charge is 0.0356 e. The molecule has 2 atom stereocenters. The van der Waals surface area contributed by atoms with E-state index in [1.807, 2.05) is 0 Å². The first-order valence-corrected chi connectivity index (χ1v) is 6.72. The van der Waals surface area contributed by atoms with E-state index < -0.39 is 0 Å². The van der Waals surface area contributed by atoms with E-state index in [4.69, 9.17) is 5.73 Å². The number of nitrogens with one attached hydrogen (secondary N) is 1. The summed E-state index contributed by atoms with van der Waals surface area (Å²) < 4.78 is 1.10. The van der Waals surface area contributed by atoms with Crippen LogP contribution < -0.4 is 11.1 Å². The highest BCUT2D eigenvalue weighted by Gasteiger charge is 2.20. The third-order valence-electron chi connectivity index (χ3n) is 3.26. The Kier molecular flexibility index (Phi) is 3.87. The molecule has 1 aliphatic carbocycles. The third-order valence-corrected chi connectivity index (χ3v) is 3.72. The molecule has 0 bridgehead atoms. The monoisotopic (exact) mass is 282 g/mol. The third kappa shape index (κ3) is 2.98. The molecule has 2 rings (SSSR count). The Morgan fingerprint density at radius 1 is 1.38 bits per heavy atom. The Balaban J connectivity index is 2.06. The molecule has 2 nitrogen and oxygen atoms in total. The fourth-order valence-electron chi connectivity index (χ4n) is 2.43. The van der Waals surface area contributed by atoms with Crippen molar-refractivity contribution >= 4 is 21.6 Å². The van der Waals surface area contributed by atoms with Crippen LogP contribution in [0.4, 0.5) is 5.69 Å². The minimum absolute atomic E-state index is 0.592. The van der Waals surface area contributed by atoms with Gasteiger partial charge in [0.1, 0.15) is 0 Å². The molecule has 1 aromatic rings. The average Bonchev–Trinajstić information content (AvgIpc) is 2.63. The predicted molar refractivity (Wildman–Crippen MR) is 72.5 cm³/mol. The SMILES string of the molecule is CC1CCC(Nc2cc(Br)cc(CN)c2)C1. The molecular formula is C13H19BrN2. The first kappa shape index (κ1) is 11.9. The number of anilines is 1. The quantitative estimate of drug-likeness (QED) is 0.891. The van der Waals surface area contributed by atoms with Gasteiger partial charge in [-0.05, 0) is 48.9 Å². The summed E-state index contributed by atoms with van der Waals surface area (Å²) in [5.74, 6) is 0.860. The summed E-state index contributed by atoms with van der Waals surface area (Å²) in [7, 11) is 0. The van der Waals surface area contributed by atoms with Crippen LogP contribution in [0.2, 0.25) is 0 Å². The van der Waals surface area contributed by atoms with Crippen molar-refractivity contribution in [3.63, 3.8) is 0 Å². The van der Waals surface area contributed by atoms with E-state index in [0.717, 1.165) is 10.4 Å². The number of rotatable bonds is 3. The van der Waals surface area contributed by atoms with Crippen molar-refractivity contribution in [3.8, 4) is 0 Å². The molecule has 0 aromatic heterocycles. The van der Waals surface area contributed by atoms with Crippen LogP contribution in [0.25, 0.3) is 0 Å². The van der Waals surface area contributed by atoms with Crippen molar-refractivity contribution in [2.45, 2.75) is 38.8 Å². The first-order valence-electron chi connectivity index (χ1n) is 5.93. The van der Waals surface area contributed by atoms with Crippen molar-refractivity contribution in [2.75, 3.05) is 5.32 Å². The molecule has 1 fully saturated rings. The van der Waals surface area contributed by atoms with Gasteiger partial charge in [-0.1, -0.05) is 22.9 Å². The summed E-state index contributed by atoms with van der Waals surface area (Å²) in [5, 5.41) is 3.60. The Morgan fingerprint density at radius 3 is 2.81 bits per heavy atom. The summed E-state index contributed by atoms with van der Waals surface area (Å²) in [4.78, 5) is 0. The lowest BCUT2D eigenvalue weighted by atomic mass is 10.1. The maximum absolute atomic E-state index is 5.67. The number of benzene rings is 1. The minimum atomic E-state index is 0.592. The lowest BCUT2D eigenvalue weighted by molar-refractivity contribution is 0.602. The van der Waals surface area contributed by atoms with Gasteiger partial charge in [0.25, 0.3) is 0 Å². The molecule has 1 aliphatic rings. The molecule has 1 saturated carbocycles. The molecule has 3 heteroatoms. The van der Waals surface area contributed by atoms with Crippen LogP contribution in [0.1, 0.15) is 31.7 Å². The molecule has 0 heterocycles. The minimum Gasteiger partial charge on any atom is -0.382 e. The van der Waals surface area contributed by atoms with Crippen molar-refractivity contribution in [2.24, 2.45) is 11.7 Å². The largest absolute Gasteiger partial charge is 0.382 e. The molecule has 16 heavy (non-hydrogen) atoms. The molecule has 2 unspecified atom stereocenters. The van der Waals surface area contributed by atoms with E-state index in [1.165, 1.54) is 30.5 Å². The van der Waals surface area contributed by atoms with Crippen LogP contribution in [0, 0.1) is 5.92 Å². The van der Waals surface area contributed by atoms with Gasteiger partial charge in [-0.15, -0.1) is 0 Å². The normalized spacial score (nSPS) is 24.7. The highest BCUT2D eigenvalue weighted by atomic mass is 79.9. The van der Waals surface area contributed by atoms with Gasteiger partial charge in [0.05, 0.1) is 0 Å². The van der Waals surface area contributed by atoms with Crippen molar-refractivity contribution in [1.29, 1.82) is 0 Å². The van der Waals surface area contributed by atoms with E-state index in [-0.39, 0.29) is 0 Å². The highest BCUT2D eigenvalue weighted by Crippen LogP contribution is 2.28. The maximum atomic E-state index is 5.67. The molecule has 0 radical (unpaired) electrons. The summed E-state index contributed by atoms with van der Waals surface area (Å²) in [6.07, 6.45) is 3.91. The number of hydrogen-bond acceptors (Lipinski definition) is 2. The molecule has 0 spiro atoms. The molecule has 0 amide bonds.